The molecule has 1 rings (SSSR count). The lowest BCUT2D eigenvalue weighted by Gasteiger charge is -2.32. The molecule has 0 aromatic heterocycles. The van der Waals surface area contributed by atoms with E-state index in [0.29, 0.717) is 5.41 Å². The number of nitrogens with one attached hydrogen (secondary N) is 1. The lowest BCUT2D eigenvalue weighted by molar-refractivity contribution is 0.00403. The van der Waals surface area contributed by atoms with Crippen LogP contribution in [0.25, 0.3) is 0 Å². The van der Waals surface area contributed by atoms with E-state index in [2.05, 4.69) is 12.2 Å². The largest absolute Gasteiger partial charge is 0.381 e. The molecule has 1 atom stereocenters. The fraction of sp³-hybridized carbons (Fsp3) is 1.00. The molecule has 1 aliphatic rings. The van der Waals surface area contributed by atoms with Crippen molar-refractivity contribution < 1.29 is 4.74 Å². The summed E-state index contributed by atoms with van der Waals surface area (Å²) in [6.07, 6.45) is 2.52. The van der Waals surface area contributed by atoms with Crippen LogP contribution in [0.1, 0.15) is 19.8 Å². The monoisotopic (exact) mass is 179 g/mol. The van der Waals surface area contributed by atoms with E-state index in [1.807, 2.05) is 7.05 Å². The third-order valence-electron chi connectivity index (χ3n) is 2.12. The van der Waals surface area contributed by atoms with Crippen LogP contribution in [0.4, 0.5) is 0 Å². The van der Waals surface area contributed by atoms with Gasteiger partial charge >= 0.3 is 0 Å². The van der Waals surface area contributed by atoms with Gasteiger partial charge in [-0.05, 0) is 19.9 Å². The predicted octanol–water partition coefficient (Wildman–Crippen LogP) is 1.44. The number of halogens is 1. The van der Waals surface area contributed by atoms with Gasteiger partial charge in [-0.15, -0.1) is 12.4 Å². The molecule has 68 valence electrons. The molecule has 0 aromatic rings. The minimum Gasteiger partial charge on any atom is -0.381 e. The number of rotatable bonds is 2. The van der Waals surface area contributed by atoms with Crippen molar-refractivity contribution in [2.45, 2.75) is 19.8 Å². The lowest BCUT2D eigenvalue weighted by atomic mass is 9.85. The predicted molar refractivity (Wildman–Crippen MR) is 49.3 cm³/mol. The topological polar surface area (TPSA) is 21.3 Å². The van der Waals surface area contributed by atoms with Crippen LogP contribution in [0, 0.1) is 5.41 Å². The quantitative estimate of drug-likeness (QED) is 0.693. The van der Waals surface area contributed by atoms with Gasteiger partial charge in [0.05, 0.1) is 6.61 Å². The highest BCUT2D eigenvalue weighted by molar-refractivity contribution is 5.85. The van der Waals surface area contributed by atoms with Gasteiger partial charge in [-0.3, -0.25) is 0 Å². The van der Waals surface area contributed by atoms with E-state index < -0.39 is 0 Å². The summed E-state index contributed by atoms with van der Waals surface area (Å²) in [5.74, 6) is 0. The Labute approximate surface area is 75.1 Å². The molecule has 1 N–H and O–H groups in total. The van der Waals surface area contributed by atoms with Crippen molar-refractivity contribution in [1.29, 1.82) is 0 Å². The minimum atomic E-state index is 0. The summed E-state index contributed by atoms with van der Waals surface area (Å²) >= 11 is 0. The fourth-order valence-electron chi connectivity index (χ4n) is 1.56. The summed E-state index contributed by atoms with van der Waals surface area (Å²) in [7, 11) is 2.00. The Bertz CT molecular complexity index is 96.8. The van der Waals surface area contributed by atoms with Crippen molar-refractivity contribution in [2.75, 3.05) is 26.8 Å². The van der Waals surface area contributed by atoms with E-state index in [1.165, 1.54) is 12.8 Å². The van der Waals surface area contributed by atoms with Crippen LogP contribution in [0.2, 0.25) is 0 Å². The van der Waals surface area contributed by atoms with Crippen LogP contribution in [-0.4, -0.2) is 26.8 Å². The third kappa shape index (κ3) is 3.41. The number of ether oxygens (including phenoxy) is 1. The highest BCUT2D eigenvalue weighted by Crippen LogP contribution is 2.26. The summed E-state index contributed by atoms with van der Waals surface area (Å²) in [4.78, 5) is 0. The number of hydrogen-bond donors (Lipinski definition) is 1. The van der Waals surface area contributed by atoms with Crippen LogP contribution >= 0.6 is 12.4 Å². The first kappa shape index (κ1) is 11.2. The van der Waals surface area contributed by atoms with Crippen molar-refractivity contribution in [3.8, 4) is 0 Å². The molecule has 0 saturated carbocycles. The van der Waals surface area contributed by atoms with Crippen LogP contribution < -0.4 is 5.32 Å². The highest BCUT2D eigenvalue weighted by Gasteiger charge is 2.26. The molecule has 0 radical (unpaired) electrons. The smallest absolute Gasteiger partial charge is 0.0531 e. The molecule has 1 heterocycles. The summed E-state index contributed by atoms with van der Waals surface area (Å²) in [6, 6.07) is 0. The molecular weight excluding hydrogens is 162 g/mol. The molecule has 0 aliphatic carbocycles. The van der Waals surface area contributed by atoms with Gasteiger partial charge in [0, 0.05) is 18.6 Å². The van der Waals surface area contributed by atoms with Crippen LogP contribution in [0.3, 0.4) is 0 Å². The van der Waals surface area contributed by atoms with Crippen LogP contribution in [0.5, 0.6) is 0 Å². The van der Waals surface area contributed by atoms with E-state index in [0.717, 1.165) is 19.8 Å². The molecule has 1 saturated heterocycles. The molecule has 0 amide bonds. The van der Waals surface area contributed by atoms with E-state index in [-0.39, 0.29) is 12.4 Å². The average Bonchev–Trinajstić information content (AvgIpc) is 1.89. The molecule has 1 aliphatic heterocycles. The van der Waals surface area contributed by atoms with Gasteiger partial charge in [-0.25, -0.2) is 0 Å². The number of hydrogen-bond acceptors (Lipinski definition) is 2. The summed E-state index contributed by atoms with van der Waals surface area (Å²) < 4.78 is 5.40. The zero-order valence-corrected chi connectivity index (χ0v) is 8.17. The zero-order chi connectivity index (χ0) is 7.45. The van der Waals surface area contributed by atoms with Crippen molar-refractivity contribution >= 4 is 12.4 Å². The Kier molecular flexibility index (Phi) is 5.06. The van der Waals surface area contributed by atoms with Gasteiger partial charge in [0.25, 0.3) is 0 Å². The lowest BCUT2D eigenvalue weighted by Crippen LogP contribution is -2.37. The second kappa shape index (κ2) is 4.96. The van der Waals surface area contributed by atoms with Crippen LogP contribution in [0.15, 0.2) is 0 Å². The zero-order valence-electron chi connectivity index (χ0n) is 7.35. The van der Waals surface area contributed by atoms with Crippen molar-refractivity contribution in [3.63, 3.8) is 0 Å². The molecule has 0 unspecified atom stereocenters. The maximum absolute atomic E-state index is 5.40. The Morgan fingerprint density at radius 1 is 1.55 bits per heavy atom. The Morgan fingerprint density at radius 3 is 2.73 bits per heavy atom. The molecule has 0 aromatic carbocycles. The maximum Gasteiger partial charge on any atom is 0.0531 e. The molecule has 1 fully saturated rings. The van der Waals surface area contributed by atoms with Crippen molar-refractivity contribution in [2.24, 2.45) is 5.41 Å². The molecule has 2 nitrogen and oxygen atoms in total. The van der Waals surface area contributed by atoms with Gasteiger partial charge in [0.1, 0.15) is 0 Å². The van der Waals surface area contributed by atoms with Gasteiger partial charge < -0.3 is 10.1 Å². The van der Waals surface area contributed by atoms with E-state index in [9.17, 15) is 0 Å². The second-order valence-electron chi connectivity index (χ2n) is 3.50. The molecule has 3 heteroatoms. The van der Waals surface area contributed by atoms with Crippen molar-refractivity contribution in [3.05, 3.63) is 0 Å². The summed E-state index contributed by atoms with van der Waals surface area (Å²) in [5.41, 5.74) is 0.396. The van der Waals surface area contributed by atoms with Gasteiger partial charge in [0.15, 0.2) is 0 Å². The Morgan fingerprint density at radius 2 is 2.27 bits per heavy atom. The van der Waals surface area contributed by atoms with E-state index in [1.54, 1.807) is 0 Å². The summed E-state index contributed by atoms with van der Waals surface area (Å²) in [5, 5.41) is 3.20. The molecule has 0 bridgehead atoms. The SMILES string of the molecule is CNC[C@@]1(C)CCCOC1.Cl. The average molecular weight is 180 g/mol. The molecule has 0 spiro atoms. The first-order valence-electron chi connectivity index (χ1n) is 3.99. The fourth-order valence-corrected chi connectivity index (χ4v) is 1.56. The van der Waals surface area contributed by atoms with E-state index in [4.69, 9.17) is 4.74 Å². The normalized spacial score (nSPS) is 31.1. The Hall–Kier alpha value is 0.210. The standard InChI is InChI=1S/C8H17NO.ClH/c1-8(6-9-2)4-3-5-10-7-8;/h9H,3-7H2,1-2H3;1H/t8-;/m1./s1. The second-order valence-corrected chi connectivity index (χ2v) is 3.50. The maximum atomic E-state index is 5.40. The highest BCUT2D eigenvalue weighted by atomic mass is 35.5. The van der Waals surface area contributed by atoms with Gasteiger partial charge in [-0.2, -0.15) is 0 Å². The van der Waals surface area contributed by atoms with Gasteiger partial charge in [-0.1, -0.05) is 6.92 Å². The van der Waals surface area contributed by atoms with E-state index >= 15 is 0 Å². The molecular formula is C8H18ClNO. The Balaban J connectivity index is 0.000001000. The first-order valence-corrected chi connectivity index (χ1v) is 3.99. The van der Waals surface area contributed by atoms with Crippen LogP contribution in [-0.2, 0) is 4.74 Å². The van der Waals surface area contributed by atoms with Gasteiger partial charge in [0.2, 0.25) is 0 Å². The first-order chi connectivity index (χ1) is 4.77. The minimum absolute atomic E-state index is 0. The molecule has 11 heavy (non-hydrogen) atoms. The third-order valence-corrected chi connectivity index (χ3v) is 2.12. The summed E-state index contributed by atoms with van der Waals surface area (Å²) in [6.45, 7) is 5.24. The van der Waals surface area contributed by atoms with Crippen molar-refractivity contribution in [1.82, 2.24) is 5.32 Å².